The van der Waals surface area contributed by atoms with E-state index in [1.165, 1.54) is 25.5 Å². The number of ether oxygens (including phenoxy) is 1. The Morgan fingerprint density at radius 1 is 1.23 bits per heavy atom. The fourth-order valence-corrected chi connectivity index (χ4v) is 4.72. The summed E-state index contributed by atoms with van der Waals surface area (Å²) in [5.41, 5.74) is 1.38. The topological polar surface area (TPSA) is 107 Å². The lowest BCUT2D eigenvalue weighted by Crippen LogP contribution is -2.23. The maximum absolute atomic E-state index is 15.6. The van der Waals surface area contributed by atoms with Gasteiger partial charge in [-0.25, -0.2) is 17.2 Å². The minimum absolute atomic E-state index is 0.0172. The van der Waals surface area contributed by atoms with Gasteiger partial charge in [0.2, 0.25) is 0 Å². The Balaban J connectivity index is 2.52. The number of allylic oxidation sites excluding steroid dienone is 7. The quantitative estimate of drug-likeness (QED) is 0.137. The average molecular weight is 556 g/mol. The van der Waals surface area contributed by atoms with Crippen LogP contribution in [0.4, 0.5) is 14.5 Å². The molecule has 0 amide bonds. The van der Waals surface area contributed by atoms with Gasteiger partial charge in [-0.3, -0.25) is 9.71 Å². The maximum Gasteiger partial charge on any atom is 0.265 e. The lowest BCUT2D eigenvalue weighted by molar-refractivity contribution is 0.306. The number of halogens is 2. The first-order chi connectivity index (χ1) is 18.3. The van der Waals surface area contributed by atoms with E-state index in [1.54, 1.807) is 38.9 Å². The molecule has 2 rings (SSSR count). The number of rotatable bonds is 9. The Morgan fingerprint density at radius 2 is 1.90 bits per heavy atom. The number of hydrogen-bond donors (Lipinski definition) is 2. The first-order valence-corrected chi connectivity index (χ1v) is 13.0. The molecule has 2 N–H and O–H groups in total. The summed E-state index contributed by atoms with van der Waals surface area (Å²) in [4.78, 5) is 5.24. The summed E-state index contributed by atoms with van der Waals surface area (Å²) < 4.78 is 63.9. The van der Waals surface area contributed by atoms with Gasteiger partial charge in [-0.05, 0) is 50.6 Å². The van der Waals surface area contributed by atoms with Crippen LogP contribution in [-0.4, -0.2) is 40.4 Å². The zero-order valence-electron chi connectivity index (χ0n) is 22.7. The van der Waals surface area contributed by atoms with E-state index in [1.807, 2.05) is 13.0 Å². The third-order valence-corrected chi connectivity index (χ3v) is 7.21. The normalized spacial score (nSPS) is 15.8. The molecule has 0 spiro atoms. The summed E-state index contributed by atoms with van der Waals surface area (Å²) >= 11 is 0. The largest absolute Gasteiger partial charge is 0.496 e. The SMILES string of the molecule is C=C(OC)/C(=C\C(C#N)=C/C)S(=O)(=O)Nc1ccc(F)c(C2=CN(C)/C(=C(\C)C(=C)NC(C)=NC)C=C2)c1F. The number of likely N-dealkylation sites (N-methyl/N-ethyl adjacent to an activating group) is 1. The molecule has 1 aliphatic heterocycles. The Bertz CT molecular complexity index is 1520. The predicted octanol–water partition coefficient (Wildman–Crippen LogP) is 5.49. The summed E-state index contributed by atoms with van der Waals surface area (Å²) in [5.74, 6) is -1.61. The molecule has 1 aromatic carbocycles. The molecular formula is C28H31F2N5O3S. The molecule has 0 unspecified atom stereocenters. The number of hydrogen-bond acceptors (Lipinski definition) is 6. The second-order valence-corrected chi connectivity index (χ2v) is 9.98. The molecule has 0 saturated carbocycles. The van der Waals surface area contributed by atoms with E-state index in [4.69, 9.17) is 4.74 Å². The first-order valence-electron chi connectivity index (χ1n) is 11.6. The Labute approximate surface area is 228 Å². The van der Waals surface area contributed by atoms with Crippen LogP contribution < -0.4 is 10.0 Å². The second kappa shape index (κ2) is 12.9. The standard InChI is InChI=1S/C28H31F2N5O3S/c1-9-21(15-31)14-26(19(4)38-8)39(36,37)34-24-12-11-23(29)27(28(24)30)22-10-13-25(35(7)16-22)17(2)18(3)33-20(5)32-6/h9-14,16,34H,3-4H2,1-2,5-8H3,(H,32,33)/b21-9+,25-17+,26-14+. The van der Waals surface area contributed by atoms with Gasteiger partial charge in [0.1, 0.15) is 16.5 Å². The molecule has 39 heavy (non-hydrogen) atoms. The molecule has 8 nitrogen and oxygen atoms in total. The number of aliphatic imine (C=N–C) groups is 1. The van der Waals surface area contributed by atoms with Crippen LogP contribution in [0.5, 0.6) is 0 Å². The molecule has 0 radical (unpaired) electrons. The van der Waals surface area contributed by atoms with E-state index >= 15 is 4.39 Å². The summed E-state index contributed by atoms with van der Waals surface area (Å²) in [7, 11) is 0.0734. The number of anilines is 1. The average Bonchev–Trinajstić information content (AvgIpc) is 2.90. The van der Waals surface area contributed by atoms with Crippen LogP contribution in [0.2, 0.25) is 0 Å². The Kier molecular flexibility index (Phi) is 10.2. The molecular weight excluding hydrogens is 524 g/mol. The van der Waals surface area contributed by atoms with Crippen molar-refractivity contribution in [3.8, 4) is 6.07 Å². The number of nitriles is 1. The number of methoxy groups -OCH3 is 1. The van der Waals surface area contributed by atoms with Crippen LogP contribution in [0.1, 0.15) is 26.3 Å². The van der Waals surface area contributed by atoms with Gasteiger partial charge in [-0.15, -0.1) is 0 Å². The van der Waals surface area contributed by atoms with Crippen molar-refractivity contribution in [2.24, 2.45) is 4.99 Å². The van der Waals surface area contributed by atoms with Crippen LogP contribution >= 0.6 is 0 Å². The van der Waals surface area contributed by atoms with Gasteiger partial charge in [0.05, 0.1) is 30.3 Å². The van der Waals surface area contributed by atoms with Gasteiger partial charge in [-0.2, -0.15) is 5.26 Å². The Morgan fingerprint density at radius 3 is 2.44 bits per heavy atom. The highest BCUT2D eigenvalue weighted by molar-refractivity contribution is 7.96. The smallest absolute Gasteiger partial charge is 0.265 e. The summed E-state index contributed by atoms with van der Waals surface area (Å²) in [5, 5.41) is 12.3. The van der Waals surface area contributed by atoms with E-state index in [0.29, 0.717) is 11.5 Å². The summed E-state index contributed by atoms with van der Waals surface area (Å²) in [6.45, 7) is 12.7. The molecule has 1 heterocycles. The van der Waals surface area contributed by atoms with Crippen molar-refractivity contribution < 1.29 is 21.9 Å². The van der Waals surface area contributed by atoms with Crippen molar-refractivity contribution in [3.63, 3.8) is 0 Å². The molecule has 0 aromatic heterocycles. The molecule has 0 bridgehead atoms. The fourth-order valence-electron chi connectivity index (χ4n) is 3.49. The monoisotopic (exact) mass is 555 g/mol. The third-order valence-electron chi connectivity index (χ3n) is 5.80. The summed E-state index contributed by atoms with van der Waals surface area (Å²) in [6, 6.07) is 3.77. The van der Waals surface area contributed by atoms with E-state index in [-0.39, 0.29) is 16.9 Å². The minimum atomic E-state index is -4.49. The predicted molar refractivity (Wildman–Crippen MR) is 151 cm³/mol. The van der Waals surface area contributed by atoms with Gasteiger partial charge >= 0.3 is 0 Å². The Hall–Kier alpha value is -4.43. The van der Waals surface area contributed by atoms with Crippen molar-refractivity contribution in [2.75, 3.05) is 25.9 Å². The molecule has 11 heteroatoms. The zero-order chi connectivity index (χ0) is 29.5. The van der Waals surface area contributed by atoms with Gasteiger partial charge in [-0.1, -0.05) is 25.3 Å². The van der Waals surface area contributed by atoms with Crippen LogP contribution in [0.3, 0.4) is 0 Å². The first kappa shape index (κ1) is 30.8. The number of nitrogens with one attached hydrogen (secondary N) is 2. The highest BCUT2D eigenvalue weighted by Gasteiger charge is 2.26. The lowest BCUT2D eigenvalue weighted by Gasteiger charge is -2.25. The van der Waals surface area contributed by atoms with Crippen LogP contribution in [0, 0.1) is 23.0 Å². The number of nitrogens with zero attached hydrogens (tertiary/aromatic N) is 3. The molecule has 0 atom stereocenters. The van der Waals surface area contributed by atoms with Crippen molar-refractivity contribution in [1.82, 2.24) is 10.2 Å². The third kappa shape index (κ3) is 7.12. The van der Waals surface area contributed by atoms with Crippen LogP contribution in [0.15, 0.2) is 94.0 Å². The van der Waals surface area contributed by atoms with Crippen LogP contribution in [0.25, 0.3) is 5.57 Å². The summed E-state index contributed by atoms with van der Waals surface area (Å²) in [6.07, 6.45) is 7.16. The fraction of sp³-hybridized carbons (Fsp3) is 0.214. The van der Waals surface area contributed by atoms with Crippen molar-refractivity contribution >= 4 is 27.1 Å². The van der Waals surface area contributed by atoms with Crippen LogP contribution in [-0.2, 0) is 14.8 Å². The highest BCUT2D eigenvalue weighted by atomic mass is 32.2. The van der Waals surface area contributed by atoms with Crippen molar-refractivity contribution in [3.05, 3.63) is 106 Å². The van der Waals surface area contributed by atoms with Gasteiger partial charge in [0, 0.05) is 42.8 Å². The van der Waals surface area contributed by atoms with E-state index in [0.717, 1.165) is 29.5 Å². The molecule has 0 saturated heterocycles. The minimum Gasteiger partial charge on any atom is -0.496 e. The molecule has 0 aliphatic carbocycles. The molecule has 206 valence electrons. The maximum atomic E-state index is 15.6. The number of amidine groups is 1. The number of sulfonamides is 1. The van der Waals surface area contributed by atoms with Crippen molar-refractivity contribution in [2.45, 2.75) is 20.8 Å². The molecule has 1 aliphatic rings. The van der Waals surface area contributed by atoms with E-state index in [9.17, 15) is 18.1 Å². The van der Waals surface area contributed by atoms with Gasteiger partial charge in [0.15, 0.2) is 5.82 Å². The number of benzene rings is 1. The van der Waals surface area contributed by atoms with Gasteiger partial charge in [0.25, 0.3) is 10.0 Å². The van der Waals surface area contributed by atoms with Gasteiger partial charge < -0.3 is 15.0 Å². The lowest BCUT2D eigenvalue weighted by atomic mass is 10.00. The zero-order valence-corrected chi connectivity index (χ0v) is 23.5. The van der Waals surface area contributed by atoms with E-state index < -0.39 is 37.8 Å². The van der Waals surface area contributed by atoms with E-state index in [2.05, 4.69) is 28.2 Å². The highest BCUT2D eigenvalue weighted by Crippen LogP contribution is 2.33. The molecule has 1 aromatic rings. The second-order valence-electron chi connectivity index (χ2n) is 8.33. The van der Waals surface area contributed by atoms with Crippen molar-refractivity contribution in [1.29, 1.82) is 5.26 Å². The molecule has 0 fully saturated rings.